The molecule has 3 nitrogen and oxygen atoms in total. The van der Waals surface area contributed by atoms with E-state index in [4.69, 9.17) is 10.5 Å². The number of hydrogen-bond donors (Lipinski definition) is 2. The van der Waals surface area contributed by atoms with E-state index in [9.17, 15) is 5.11 Å². The largest absolute Gasteiger partial charge is 0.496 e. The summed E-state index contributed by atoms with van der Waals surface area (Å²) < 4.78 is 5.18. The number of rotatable bonds is 3. The van der Waals surface area contributed by atoms with Crippen molar-refractivity contribution >= 4 is 5.69 Å². The zero-order valence-electron chi connectivity index (χ0n) is 8.87. The zero-order chi connectivity index (χ0) is 10.8. The summed E-state index contributed by atoms with van der Waals surface area (Å²) in [6.45, 7) is 3.53. The van der Waals surface area contributed by atoms with Gasteiger partial charge < -0.3 is 15.6 Å². The topological polar surface area (TPSA) is 55.5 Å². The Morgan fingerprint density at radius 3 is 2.57 bits per heavy atom. The van der Waals surface area contributed by atoms with Crippen LogP contribution in [0, 0.1) is 0 Å². The molecule has 0 saturated heterocycles. The van der Waals surface area contributed by atoms with Crippen molar-refractivity contribution in [3.8, 4) is 5.75 Å². The van der Waals surface area contributed by atoms with Crippen molar-refractivity contribution in [2.45, 2.75) is 25.9 Å². The van der Waals surface area contributed by atoms with Crippen molar-refractivity contribution in [2.75, 3.05) is 12.8 Å². The minimum Gasteiger partial charge on any atom is -0.496 e. The first-order valence-electron chi connectivity index (χ1n) is 4.57. The third-order valence-electron chi connectivity index (χ3n) is 1.93. The lowest BCUT2D eigenvalue weighted by molar-refractivity contribution is 0.0803. The van der Waals surface area contributed by atoms with E-state index in [0.717, 1.165) is 11.3 Å². The van der Waals surface area contributed by atoms with Crippen LogP contribution >= 0.6 is 0 Å². The standard InChI is InChI=1S/C11H17NO2/c1-11(2,13)7-8-4-5-9(12)6-10(8)14-3/h4-6,13H,7,12H2,1-3H3. The van der Waals surface area contributed by atoms with Gasteiger partial charge in [0.1, 0.15) is 5.75 Å². The van der Waals surface area contributed by atoms with Crippen LogP contribution in [0.1, 0.15) is 19.4 Å². The van der Waals surface area contributed by atoms with Crippen LogP contribution < -0.4 is 10.5 Å². The molecular formula is C11H17NO2. The lowest BCUT2D eigenvalue weighted by Crippen LogP contribution is -2.22. The molecule has 0 saturated carbocycles. The SMILES string of the molecule is COc1cc(N)ccc1CC(C)(C)O. The summed E-state index contributed by atoms with van der Waals surface area (Å²) in [6.07, 6.45) is 0.552. The maximum absolute atomic E-state index is 9.67. The first-order chi connectivity index (χ1) is 6.42. The van der Waals surface area contributed by atoms with Crippen LogP contribution in [0.25, 0.3) is 0 Å². The average Bonchev–Trinajstić information content (AvgIpc) is 2.06. The van der Waals surface area contributed by atoms with E-state index in [1.54, 1.807) is 27.0 Å². The van der Waals surface area contributed by atoms with Crippen molar-refractivity contribution in [2.24, 2.45) is 0 Å². The van der Waals surface area contributed by atoms with Crippen LogP contribution in [0.4, 0.5) is 5.69 Å². The molecule has 1 aromatic carbocycles. The Hall–Kier alpha value is -1.22. The van der Waals surface area contributed by atoms with E-state index in [1.165, 1.54) is 0 Å². The zero-order valence-corrected chi connectivity index (χ0v) is 8.87. The highest BCUT2D eigenvalue weighted by molar-refractivity contribution is 5.48. The second kappa shape index (κ2) is 3.88. The Kier molecular flexibility index (Phi) is 3.01. The lowest BCUT2D eigenvalue weighted by Gasteiger charge is -2.19. The molecule has 78 valence electrons. The Morgan fingerprint density at radius 1 is 1.43 bits per heavy atom. The van der Waals surface area contributed by atoms with Crippen molar-refractivity contribution in [3.63, 3.8) is 0 Å². The summed E-state index contributed by atoms with van der Waals surface area (Å²) in [5.41, 5.74) is 6.53. The summed E-state index contributed by atoms with van der Waals surface area (Å²) in [6, 6.07) is 5.46. The van der Waals surface area contributed by atoms with Gasteiger partial charge in [-0.2, -0.15) is 0 Å². The van der Waals surface area contributed by atoms with Crippen molar-refractivity contribution < 1.29 is 9.84 Å². The maximum atomic E-state index is 9.67. The average molecular weight is 195 g/mol. The Bertz CT molecular complexity index is 316. The van der Waals surface area contributed by atoms with Gasteiger partial charge in [-0.05, 0) is 25.5 Å². The van der Waals surface area contributed by atoms with Crippen LogP contribution in [0.15, 0.2) is 18.2 Å². The highest BCUT2D eigenvalue weighted by atomic mass is 16.5. The number of benzene rings is 1. The Labute approximate surface area is 84.5 Å². The van der Waals surface area contributed by atoms with Gasteiger partial charge in [-0.15, -0.1) is 0 Å². The number of ether oxygens (including phenoxy) is 1. The van der Waals surface area contributed by atoms with Crippen molar-refractivity contribution in [3.05, 3.63) is 23.8 Å². The number of nitrogen functional groups attached to an aromatic ring is 1. The fourth-order valence-electron chi connectivity index (χ4n) is 1.37. The second-order valence-corrected chi connectivity index (χ2v) is 4.06. The number of hydrogen-bond acceptors (Lipinski definition) is 3. The molecule has 0 heterocycles. The van der Waals surface area contributed by atoms with E-state index in [0.29, 0.717) is 12.1 Å². The molecule has 1 aromatic rings. The molecule has 0 aliphatic rings. The summed E-state index contributed by atoms with van der Waals surface area (Å²) in [5.74, 6) is 0.729. The molecule has 3 heteroatoms. The number of nitrogens with two attached hydrogens (primary N) is 1. The highest BCUT2D eigenvalue weighted by Gasteiger charge is 2.16. The maximum Gasteiger partial charge on any atom is 0.124 e. The summed E-state index contributed by atoms with van der Waals surface area (Å²) in [7, 11) is 1.60. The van der Waals surface area contributed by atoms with Gasteiger partial charge in [-0.1, -0.05) is 6.07 Å². The van der Waals surface area contributed by atoms with Crippen LogP contribution in [0.3, 0.4) is 0 Å². The highest BCUT2D eigenvalue weighted by Crippen LogP contribution is 2.25. The van der Waals surface area contributed by atoms with Gasteiger partial charge >= 0.3 is 0 Å². The molecule has 1 rings (SSSR count). The smallest absolute Gasteiger partial charge is 0.124 e. The summed E-state index contributed by atoms with van der Waals surface area (Å²) in [5, 5.41) is 9.67. The first kappa shape index (κ1) is 10.9. The van der Waals surface area contributed by atoms with E-state index in [2.05, 4.69) is 0 Å². The van der Waals surface area contributed by atoms with Gasteiger partial charge in [-0.25, -0.2) is 0 Å². The van der Waals surface area contributed by atoms with Gasteiger partial charge in [0.15, 0.2) is 0 Å². The molecule has 0 aromatic heterocycles. The number of aliphatic hydroxyl groups is 1. The molecule has 0 radical (unpaired) electrons. The minimum absolute atomic E-state index is 0.552. The van der Waals surface area contributed by atoms with Gasteiger partial charge in [0.05, 0.1) is 12.7 Å². The monoisotopic (exact) mass is 195 g/mol. The van der Waals surface area contributed by atoms with Crippen molar-refractivity contribution in [1.29, 1.82) is 0 Å². The van der Waals surface area contributed by atoms with E-state index in [1.807, 2.05) is 12.1 Å². The predicted molar refractivity (Wildman–Crippen MR) is 57.4 cm³/mol. The molecule has 0 unspecified atom stereocenters. The normalized spacial score (nSPS) is 11.4. The van der Waals surface area contributed by atoms with Crippen LogP contribution in [-0.2, 0) is 6.42 Å². The van der Waals surface area contributed by atoms with Gasteiger partial charge in [-0.3, -0.25) is 0 Å². The molecular weight excluding hydrogens is 178 g/mol. The predicted octanol–water partition coefficient (Wildman–Crippen LogP) is 1.59. The quantitative estimate of drug-likeness (QED) is 0.720. The van der Waals surface area contributed by atoms with Crippen LogP contribution in [-0.4, -0.2) is 17.8 Å². The van der Waals surface area contributed by atoms with E-state index >= 15 is 0 Å². The molecule has 0 aliphatic carbocycles. The number of methoxy groups -OCH3 is 1. The molecule has 3 N–H and O–H groups in total. The van der Waals surface area contributed by atoms with Gasteiger partial charge in [0.2, 0.25) is 0 Å². The van der Waals surface area contributed by atoms with Gasteiger partial charge in [0.25, 0.3) is 0 Å². The van der Waals surface area contributed by atoms with E-state index < -0.39 is 5.60 Å². The third kappa shape index (κ3) is 2.92. The first-order valence-corrected chi connectivity index (χ1v) is 4.57. The minimum atomic E-state index is -0.733. The number of anilines is 1. The fraction of sp³-hybridized carbons (Fsp3) is 0.455. The lowest BCUT2D eigenvalue weighted by atomic mass is 9.98. The Morgan fingerprint density at radius 2 is 2.07 bits per heavy atom. The molecule has 0 fully saturated rings. The summed E-state index contributed by atoms with van der Waals surface area (Å²) in [4.78, 5) is 0. The molecule has 0 atom stereocenters. The third-order valence-corrected chi connectivity index (χ3v) is 1.93. The van der Waals surface area contributed by atoms with Gasteiger partial charge in [0, 0.05) is 18.2 Å². The molecule has 0 amide bonds. The Balaban J connectivity index is 2.97. The molecule has 14 heavy (non-hydrogen) atoms. The summed E-state index contributed by atoms with van der Waals surface area (Å²) >= 11 is 0. The van der Waals surface area contributed by atoms with Crippen molar-refractivity contribution in [1.82, 2.24) is 0 Å². The van der Waals surface area contributed by atoms with E-state index in [-0.39, 0.29) is 0 Å². The molecule has 0 spiro atoms. The van der Waals surface area contributed by atoms with Crippen LogP contribution in [0.5, 0.6) is 5.75 Å². The van der Waals surface area contributed by atoms with Crippen LogP contribution in [0.2, 0.25) is 0 Å². The second-order valence-electron chi connectivity index (χ2n) is 4.06. The fourth-order valence-corrected chi connectivity index (χ4v) is 1.37. The molecule has 0 bridgehead atoms. The molecule has 0 aliphatic heterocycles.